The molecule has 0 aliphatic heterocycles. The lowest BCUT2D eigenvalue weighted by molar-refractivity contribution is -0.139. The van der Waals surface area contributed by atoms with E-state index in [1.165, 1.54) is 24.1 Å². The second kappa shape index (κ2) is 13.8. The van der Waals surface area contributed by atoms with E-state index in [-0.39, 0.29) is 23.8 Å². The highest BCUT2D eigenvalue weighted by Gasteiger charge is 2.34. The Labute approximate surface area is 256 Å². The second-order valence-electron chi connectivity index (χ2n) is 10.0. The minimum absolute atomic E-state index is 0.0744. The third kappa shape index (κ3) is 7.27. The number of hydrogen-bond donors (Lipinski definition) is 1. The maximum absolute atomic E-state index is 14.4. The van der Waals surface area contributed by atoms with E-state index < -0.39 is 28.5 Å². The minimum atomic E-state index is -4.13. The summed E-state index contributed by atoms with van der Waals surface area (Å²) in [5, 5.41) is 2.70. The van der Waals surface area contributed by atoms with E-state index in [9.17, 15) is 18.0 Å². The number of aryl methyl sites for hydroxylation is 1. The highest BCUT2D eigenvalue weighted by Crippen LogP contribution is 2.29. The zero-order valence-electron chi connectivity index (χ0n) is 23.8. The Bertz CT molecular complexity index is 1630. The first kappa shape index (κ1) is 31.0. The van der Waals surface area contributed by atoms with Crippen LogP contribution in [0.2, 0.25) is 0 Å². The van der Waals surface area contributed by atoms with Crippen LogP contribution in [0, 0.1) is 13.8 Å². The topological polar surface area (TPSA) is 86.8 Å². The first-order chi connectivity index (χ1) is 20.1. The Morgan fingerprint density at radius 3 is 2.05 bits per heavy atom. The van der Waals surface area contributed by atoms with Crippen LogP contribution in [-0.2, 0) is 32.6 Å². The van der Waals surface area contributed by atoms with Crippen LogP contribution in [-0.4, -0.2) is 44.8 Å². The third-order valence-electron chi connectivity index (χ3n) is 7.24. The van der Waals surface area contributed by atoms with Gasteiger partial charge in [0.25, 0.3) is 10.0 Å². The molecule has 42 heavy (non-hydrogen) atoms. The summed E-state index contributed by atoms with van der Waals surface area (Å²) in [6.45, 7) is 3.36. The molecule has 0 saturated heterocycles. The molecule has 1 atom stereocenters. The van der Waals surface area contributed by atoms with Crippen molar-refractivity contribution in [3.05, 3.63) is 130 Å². The lowest BCUT2D eigenvalue weighted by atomic mass is 10.0. The van der Waals surface area contributed by atoms with Crippen LogP contribution < -0.4 is 9.62 Å². The number of benzene rings is 4. The fourth-order valence-corrected chi connectivity index (χ4v) is 6.50. The second-order valence-corrected chi connectivity index (χ2v) is 12.8. The number of nitrogens with one attached hydrogen (secondary N) is 1. The van der Waals surface area contributed by atoms with E-state index in [0.717, 1.165) is 31.0 Å². The normalized spacial score (nSPS) is 11.9. The van der Waals surface area contributed by atoms with Gasteiger partial charge in [0, 0.05) is 24.5 Å². The molecule has 4 aromatic carbocycles. The number of nitrogens with zero attached hydrogens (tertiary/aromatic N) is 2. The van der Waals surface area contributed by atoms with Crippen molar-refractivity contribution in [1.29, 1.82) is 0 Å². The minimum Gasteiger partial charge on any atom is -0.357 e. The number of halogens is 1. The Balaban J connectivity index is 1.81. The number of amides is 2. The van der Waals surface area contributed by atoms with Gasteiger partial charge in [0.2, 0.25) is 11.8 Å². The van der Waals surface area contributed by atoms with E-state index in [0.29, 0.717) is 5.69 Å². The Kier molecular flexibility index (Phi) is 10.2. The summed E-state index contributed by atoms with van der Waals surface area (Å²) in [5.41, 5.74) is 3.74. The molecule has 0 aromatic heterocycles. The first-order valence-electron chi connectivity index (χ1n) is 13.5. The highest BCUT2D eigenvalue weighted by atomic mass is 79.9. The van der Waals surface area contributed by atoms with Gasteiger partial charge < -0.3 is 10.2 Å². The maximum Gasteiger partial charge on any atom is 0.264 e. The molecule has 9 heteroatoms. The van der Waals surface area contributed by atoms with Crippen LogP contribution in [0.5, 0.6) is 0 Å². The summed E-state index contributed by atoms with van der Waals surface area (Å²) in [4.78, 5) is 29.2. The fourth-order valence-electron chi connectivity index (χ4n) is 4.75. The molecule has 0 heterocycles. The van der Waals surface area contributed by atoms with Gasteiger partial charge in [0.15, 0.2) is 0 Å². The number of rotatable bonds is 11. The molecule has 0 fully saturated rings. The van der Waals surface area contributed by atoms with Gasteiger partial charge in [0.1, 0.15) is 12.6 Å². The monoisotopic (exact) mass is 647 g/mol. The van der Waals surface area contributed by atoms with Crippen molar-refractivity contribution in [2.45, 2.75) is 37.8 Å². The van der Waals surface area contributed by atoms with Crippen molar-refractivity contribution in [2.24, 2.45) is 0 Å². The van der Waals surface area contributed by atoms with E-state index in [2.05, 4.69) is 21.2 Å². The number of hydrogen-bond acceptors (Lipinski definition) is 4. The molecule has 4 rings (SSSR count). The molecular formula is C33H34BrN3O4S. The van der Waals surface area contributed by atoms with Crippen LogP contribution in [0.4, 0.5) is 5.69 Å². The van der Waals surface area contributed by atoms with Crippen molar-refractivity contribution in [2.75, 3.05) is 17.9 Å². The summed E-state index contributed by atoms with van der Waals surface area (Å²) in [5.74, 6) is -0.837. The van der Waals surface area contributed by atoms with Crippen molar-refractivity contribution in [1.82, 2.24) is 10.2 Å². The van der Waals surface area contributed by atoms with Gasteiger partial charge in [-0.15, -0.1) is 0 Å². The molecule has 0 radical (unpaired) electrons. The van der Waals surface area contributed by atoms with Gasteiger partial charge in [-0.05, 0) is 66.4 Å². The molecule has 0 aliphatic carbocycles. The van der Waals surface area contributed by atoms with Gasteiger partial charge in [-0.2, -0.15) is 0 Å². The lowest BCUT2D eigenvalue weighted by Crippen LogP contribution is -2.53. The molecule has 1 N–H and O–H groups in total. The highest BCUT2D eigenvalue weighted by molar-refractivity contribution is 9.10. The number of sulfonamides is 1. The molecule has 0 saturated carbocycles. The SMILES string of the molecule is CNC(=O)[C@H](Cc1ccccc1)N(Cc1ccc(Br)cc1)C(=O)CN(c1cccc(C)c1C)S(=O)(=O)c1ccccc1. The van der Waals surface area contributed by atoms with Gasteiger partial charge in [-0.3, -0.25) is 13.9 Å². The summed E-state index contributed by atoms with van der Waals surface area (Å²) >= 11 is 3.45. The smallest absolute Gasteiger partial charge is 0.264 e. The maximum atomic E-state index is 14.4. The number of likely N-dealkylation sites (N-methyl/N-ethyl adjacent to an activating group) is 1. The van der Waals surface area contributed by atoms with Crippen LogP contribution in [0.1, 0.15) is 22.3 Å². The summed E-state index contributed by atoms with van der Waals surface area (Å²) < 4.78 is 30.2. The van der Waals surface area contributed by atoms with Crippen LogP contribution in [0.15, 0.2) is 112 Å². The van der Waals surface area contributed by atoms with Gasteiger partial charge in [-0.25, -0.2) is 8.42 Å². The zero-order chi connectivity index (χ0) is 30.3. The van der Waals surface area contributed by atoms with Crippen molar-refractivity contribution >= 4 is 43.5 Å². The van der Waals surface area contributed by atoms with Gasteiger partial charge in [0.05, 0.1) is 10.6 Å². The zero-order valence-corrected chi connectivity index (χ0v) is 26.2. The molecule has 218 valence electrons. The van der Waals surface area contributed by atoms with Crippen molar-refractivity contribution < 1.29 is 18.0 Å². The molecule has 4 aromatic rings. The predicted molar refractivity (Wildman–Crippen MR) is 170 cm³/mol. The molecular weight excluding hydrogens is 614 g/mol. The van der Waals surface area contributed by atoms with Crippen LogP contribution >= 0.6 is 15.9 Å². The third-order valence-corrected chi connectivity index (χ3v) is 9.54. The Hall–Kier alpha value is -3.95. The van der Waals surface area contributed by atoms with E-state index in [1.807, 2.05) is 74.5 Å². The van der Waals surface area contributed by atoms with E-state index in [1.54, 1.807) is 30.3 Å². The first-order valence-corrected chi connectivity index (χ1v) is 15.8. The molecule has 0 unspecified atom stereocenters. The standard InChI is InChI=1S/C33H34BrN3O4S/c1-24-11-10-16-30(25(24)2)37(42(40,41)29-14-8-5-9-15-29)23-32(38)36(22-27-17-19-28(34)20-18-27)31(33(39)35-3)21-26-12-6-4-7-13-26/h4-20,31H,21-23H2,1-3H3,(H,35,39)/t31-/m0/s1. The number of carbonyl (C=O) groups is 2. The fraction of sp³-hybridized carbons (Fsp3) is 0.212. The van der Waals surface area contributed by atoms with Gasteiger partial charge >= 0.3 is 0 Å². The van der Waals surface area contributed by atoms with Gasteiger partial charge in [-0.1, -0.05) is 88.7 Å². The molecule has 0 bridgehead atoms. The largest absolute Gasteiger partial charge is 0.357 e. The molecule has 0 spiro atoms. The van der Waals surface area contributed by atoms with Crippen molar-refractivity contribution in [3.63, 3.8) is 0 Å². The van der Waals surface area contributed by atoms with Crippen LogP contribution in [0.25, 0.3) is 0 Å². The average molecular weight is 649 g/mol. The number of carbonyl (C=O) groups excluding carboxylic acids is 2. The van der Waals surface area contributed by atoms with Crippen LogP contribution in [0.3, 0.4) is 0 Å². The van der Waals surface area contributed by atoms with Crippen molar-refractivity contribution in [3.8, 4) is 0 Å². The quantitative estimate of drug-likeness (QED) is 0.228. The summed E-state index contributed by atoms with van der Waals surface area (Å²) in [6.07, 6.45) is 0.262. The molecule has 2 amide bonds. The summed E-state index contributed by atoms with van der Waals surface area (Å²) in [7, 11) is -2.60. The predicted octanol–water partition coefficient (Wildman–Crippen LogP) is 5.65. The summed E-state index contributed by atoms with van der Waals surface area (Å²) in [6, 6.07) is 29.5. The Morgan fingerprint density at radius 1 is 0.810 bits per heavy atom. The molecule has 7 nitrogen and oxygen atoms in total. The Morgan fingerprint density at radius 2 is 1.43 bits per heavy atom. The molecule has 0 aliphatic rings. The average Bonchev–Trinajstić information content (AvgIpc) is 3.00. The van der Waals surface area contributed by atoms with E-state index in [4.69, 9.17) is 0 Å². The lowest BCUT2D eigenvalue weighted by Gasteiger charge is -2.34. The number of anilines is 1. The van der Waals surface area contributed by atoms with E-state index >= 15 is 0 Å².